The summed E-state index contributed by atoms with van der Waals surface area (Å²) < 4.78 is 53.5. The van der Waals surface area contributed by atoms with Crippen LogP contribution in [0.5, 0.6) is 11.5 Å². The lowest BCUT2D eigenvalue weighted by atomic mass is 9.89. The van der Waals surface area contributed by atoms with Gasteiger partial charge in [-0.05, 0) is 62.7 Å². The summed E-state index contributed by atoms with van der Waals surface area (Å²) in [6.07, 6.45) is 7.20. The monoisotopic (exact) mass is 698 g/mol. The summed E-state index contributed by atoms with van der Waals surface area (Å²) in [7, 11) is 0. The molecule has 13 heteroatoms. The number of fused-ring (bicyclic) bond motifs is 1. The Hall–Kier alpha value is -4.43. The van der Waals surface area contributed by atoms with E-state index >= 15 is 13.2 Å². The molecule has 1 saturated heterocycles. The van der Waals surface area contributed by atoms with Crippen LogP contribution >= 0.6 is 0 Å². The van der Waals surface area contributed by atoms with E-state index in [1.807, 2.05) is 26.8 Å². The van der Waals surface area contributed by atoms with Gasteiger partial charge in [0, 0.05) is 34.4 Å². The van der Waals surface area contributed by atoms with Crippen LogP contribution in [-0.2, 0) is 4.79 Å². The molecular formula is C37H47F3N5O5+. The van der Waals surface area contributed by atoms with Gasteiger partial charge in [0.15, 0.2) is 11.6 Å². The van der Waals surface area contributed by atoms with Crippen LogP contribution in [0.15, 0.2) is 41.4 Å². The maximum Gasteiger partial charge on any atom is 0.273 e. The number of carbonyl (C=O) groups excluding carboxylic acids is 1. The third-order valence-corrected chi connectivity index (χ3v) is 8.69. The van der Waals surface area contributed by atoms with Crippen molar-refractivity contribution < 1.29 is 38.2 Å². The van der Waals surface area contributed by atoms with Gasteiger partial charge in [-0.25, -0.2) is 13.2 Å². The molecule has 2 atom stereocenters. The van der Waals surface area contributed by atoms with Gasteiger partial charge in [-0.3, -0.25) is 4.99 Å². The Bertz CT molecular complexity index is 1830. The molecule has 5 rings (SSSR count). The molecule has 270 valence electrons. The SMILES string of the molecule is CC.CCC/C=c1\ccc(-c2c(F)ccc(N[N+](O)(O)c3cc(O)cc4c3OCC4C(C)C=O)c2F)c(F)\c1=C\NC(C)=NC1CCNCC1. The number of benzene rings is 3. The van der Waals surface area contributed by atoms with E-state index in [2.05, 4.69) is 21.1 Å². The van der Waals surface area contributed by atoms with Crippen LogP contribution in [0.2, 0.25) is 0 Å². The number of piperidine rings is 1. The van der Waals surface area contributed by atoms with E-state index in [-0.39, 0.29) is 34.9 Å². The number of hydrogen-bond acceptors (Lipinski definition) is 8. The zero-order valence-corrected chi connectivity index (χ0v) is 29.1. The summed E-state index contributed by atoms with van der Waals surface area (Å²) >= 11 is 0. The quantitative estimate of drug-likeness (QED) is 0.0499. The molecule has 0 aromatic heterocycles. The van der Waals surface area contributed by atoms with Crippen LogP contribution in [0.25, 0.3) is 23.4 Å². The minimum absolute atomic E-state index is 0.0247. The average Bonchev–Trinajstić information content (AvgIpc) is 3.53. The smallest absolute Gasteiger partial charge is 0.273 e. The first kappa shape index (κ1) is 38.4. The van der Waals surface area contributed by atoms with Crippen molar-refractivity contribution in [3.63, 3.8) is 0 Å². The predicted octanol–water partition coefficient (Wildman–Crippen LogP) is 6.01. The number of quaternary nitrogens is 1. The number of anilines is 1. The fourth-order valence-corrected chi connectivity index (χ4v) is 6.04. The van der Waals surface area contributed by atoms with Gasteiger partial charge in [0.25, 0.3) is 5.69 Å². The van der Waals surface area contributed by atoms with E-state index in [1.54, 1.807) is 19.9 Å². The highest BCUT2D eigenvalue weighted by molar-refractivity contribution is 5.83. The van der Waals surface area contributed by atoms with Gasteiger partial charge in [0.2, 0.25) is 0 Å². The van der Waals surface area contributed by atoms with Gasteiger partial charge < -0.3 is 25.3 Å². The lowest BCUT2D eigenvalue weighted by Crippen LogP contribution is -2.48. The number of aliphatic imine (C=N–C) groups is 1. The molecule has 2 unspecified atom stereocenters. The number of unbranched alkanes of at least 4 members (excludes halogenated alkanes) is 1. The fraction of sp³-hybridized carbons (Fsp3) is 0.405. The number of nitrogens with one attached hydrogen (secondary N) is 3. The van der Waals surface area contributed by atoms with Crippen molar-refractivity contribution in [3.8, 4) is 22.6 Å². The van der Waals surface area contributed by atoms with Gasteiger partial charge in [-0.2, -0.15) is 5.43 Å². The molecule has 1 fully saturated rings. The first-order chi connectivity index (χ1) is 23.9. The number of aldehydes is 1. The molecule has 3 aromatic rings. The maximum atomic E-state index is 16.3. The van der Waals surface area contributed by atoms with Gasteiger partial charge in [0.05, 0.1) is 35.0 Å². The lowest BCUT2D eigenvalue weighted by molar-refractivity contribution is -0.273. The molecule has 3 aromatic carbocycles. The zero-order valence-electron chi connectivity index (χ0n) is 29.1. The highest BCUT2D eigenvalue weighted by atomic mass is 19.1. The van der Waals surface area contributed by atoms with E-state index < -0.39 is 51.1 Å². The second-order valence-corrected chi connectivity index (χ2v) is 12.2. The summed E-state index contributed by atoms with van der Waals surface area (Å²) in [6, 6.07) is 7.14. The highest BCUT2D eigenvalue weighted by Gasteiger charge is 2.41. The van der Waals surface area contributed by atoms with Crippen molar-refractivity contribution in [2.24, 2.45) is 10.9 Å². The molecule has 0 bridgehead atoms. The van der Waals surface area contributed by atoms with E-state index in [1.165, 1.54) is 18.3 Å². The van der Waals surface area contributed by atoms with E-state index in [0.29, 0.717) is 23.0 Å². The Morgan fingerprint density at radius 2 is 1.84 bits per heavy atom. The van der Waals surface area contributed by atoms with Crippen LogP contribution in [0.4, 0.5) is 24.5 Å². The number of nitrogens with zero attached hydrogens (tertiary/aromatic N) is 2. The number of carbonyl (C=O) groups is 1. The molecule has 0 spiro atoms. The van der Waals surface area contributed by atoms with Gasteiger partial charge in [0.1, 0.15) is 29.4 Å². The summed E-state index contributed by atoms with van der Waals surface area (Å²) in [6.45, 7) is 11.2. The Morgan fingerprint density at radius 1 is 1.12 bits per heavy atom. The average molecular weight is 699 g/mol. The van der Waals surface area contributed by atoms with Crippen LogP contribution in [0.3, 0.4) is 0 Å². The molecule has 0 amide bonds. The second-order valence-electron chi connectivity index (χ2n) is 12.2. The normalized spacial score (nSPS) is 17.8. The number of hydrogen-bond donors (Lipinski definition) is 6. The summed E-state index contributed by atoms with van der Waals surface area (Å²) in [5, 5.41) is 39.4. The molecule has 10 nitrogen and oxygen atoms in total. The molecule has 0 saturated carbocycles. The standard InChI is InChI=1S/C35H40F3N5O5.C2H6/c1-4-5-6-22-7-8-25(33(37)27(22)17-40-21(3)41-23-11-13-39-14-12-23)32-29(36)9-10-30(34(32)38)42-43(46,47)31-16-24(45)15-26-28(20(2)18-44)19-48-35(26)31;1-2/h6-10,15-18,20,23,28,39,42,46-47H,4-5,11-14,19H2,1-3H3,(H-,40,41,45);1-2H3/p+1/b22-6+,27-17+;. The molecule has 50 heavy (non-hydrogen) atoms. The number of phenols is 1. The number of aromatic hydroxyl groups is 1. The number of amidine groups is 1. The predicted molar refractivity (Wildman–Crippen MR) is 189 cm³/mol. The summed E-state index contributed by atoms with van der Waals surface area (Å²) in [4.78, 5) is 13.9. The van der Waals surface area contributed by atoms with Gasteiger partial charge >= 0.3 is 0 Å². The van der Waals surface area contributed by atoms with Gasteiger partial charge in [-0.15, -0.1) is 10.4 Å². The van der Waals surface area contributed by atoms with Crippen LogP contribution < -0.4 is 36.2 Å². The maximum absolute atomic E-state index is 16.3. The Balaban J connectivity index is 0.00000276. The molecular weight excluding hydrogens is 651 g/mol. The van der Waals surface area contributed by atoms with Crippen molar-refractivity contribution >= 4 is 35.8 Å². The number of halogens is 3. The Morgan fingerprint density at radius 3 is 2.52 bits per heavy atom. The van der Waals surface area contributed by atoms with Gasteiger partial charge in [-0.1, -0.05) is 52.3 Å². The highest BCUT2D eigenvalue weighted by Crippen LogP contribution is 2.47. The second kappa shape index (κ2) is 17.0. The first-order valence-electron chi connectivity index (χ1n) is 17.0. The molecule has 0 aliphatic carbocycles. The Kier molecular flexibility index (Phi) is 13.0. The third-order valence-electron chi connectivity index (χ3n) is 8.69. The van der Waals surface area contributed by atoms with Crippen LogP contribution in [0, 0.1) is 23.4 Å². The molecule has 2 heterocycles. The topological polar surface area (TPSA) is 135 Å². The number of phenolic OH excluding ortho intramolecular Hbond substituents is 1. The van der Waals surface area contributed by atoms with E-state index in [4.69, 9.17) is 4.74 Å². The van der Waals surface area contributed by atoms with Crippen LogP contribution in [0.1, 0.15) is 71.8 Å². The lowest BCUT2D eigenvalue weighted by Gasteiger charge is -2.24. The fourth-order valence-electron chi connectivity index (χ4n) is 6.04. The Labute approximate surface area is 290 Å². The largest absolute Gasteiger partial charge is 0.508 e. The molecule has 6 N–H and O–H groups in total. The zero-order chi connectivity index (χ0) is 36.6. The number of rotatable bonds is 10. The van der Waals surface area contributed by atoms with Crippen molar-refractivity contribution in [1.82, 2.24) is 15.6 Å². The minimum atomic E-state index is -2.22. The molecule has 2 aliphatic heterocycles. The van der Waals surface area contributed by atoms with Crippen molar-refractivity contribution in [2.75, 3.05) is 25.1 Å². The third kappa shape index (κ3) is 8.47. The van der Waals surface area contributed by atoms with Crippen molar-refractivity contribution in [2.45, 2.75) is 72.3 Å². The van der Waals surface area contributed by atoms with Crippen molar-refractivity contribution in [1.29, 1.82) is 0 Å². The van der Waals surface area contributed by atoms with E-state index in [0.717, 1.165) is 56.8 Å². The number of ether oxygens (including phenoxy) is 1. The van der Waals surface area contributed by atoms with Crippen LogP contribution in [-0.4, -0.2) is 53.4 Å². The summed E-state index contributed by atoms with van der Waals surface area (Å²) in [5.74, 6) is -4.05. The first-order valence-corrected chi connectivity index (χ1v) is 17.0. The van der Waals surface area contributed by atoms with E-state index in [9.17, 15) is 20.3 Å². The summed E-state index contributed by atoms with van der Waals surface area (Å²) in [5.41, 5.74) is 0.426. The minimum Gasteiger partial charge on any atom is -0.508 e. The molecule has 0 radical (unpaired) electrons. The molecule has 2 aliphatic rings. The van der Waals surface area contributed by atoms with Crippen molar-refractivity contribution in [3.05, 3.63) is 69.9 Å².